The summed E-state index contributed by atoms with van der Waals surface area (Å²) in [4.78, 5) is 0. The van der Waals surface area contributed by atoms with E-state index < -0.39 is 28.9 Å². The highest BCUT2D eigenvalue weighted by molar-refractivity contribution is 6.06. The second-order valence-corrected chi connectivity index (χ2v) is 7.95. The summed E-state index contributed by atoms with van der Waals surface area (Å²) in [5.41, 5.74) is -4.41. The summed E-state index contributed by atoms with van der Waals surface area (Å²) in [6, 6.07) is 4.52. The van der Waals surface area contributed by atoms with Gasteiger partial charge in [0.15, 0.2) is 11.5 Å². The standard InChI is InChI=1S/C22H16F6O3/c1-20(2)13-8-15(29)10-7-17(31-3)16(30)6-11(10)18(13)12-4-9(21(23,24)25)5-14(19(12)20)22(26,27)28/h4-8,29-30H,1-3H3. The smallest absolute Gasteiger partial charge is 0.416 e. The molecule has 164 valence electrons. The molecule has 0 bridgehead atoms. The molecule has 0 atom stereocenters. The molecule has 0 amide bonds. The quantitative estimate of drug-likeness (QED) is 0.418. The number of halogens is 6. The molecule has 9 heteroatoms. The fraction of sp³-hybridized carbons (Fsp3) is 0.273. The zero-order valence-electron chi connectivity index (χ0n) is 16.5. The minimum Gasteiger partial charge on any atom is -0.507 e. The lowest BCUT2D eigenvalue weighted by Gasteiger charge is -2.26. The van der Waals surface area contributed by atoms with E-state index in [4.69, 9.17) is 4.74 Å². The van der Waals surface area contributed by atoms with Crippen LogP contribution in [-0.4, -0.2) is 17.3 Å². The Morgan fingerprint density at radius 1 is 0.806 bits per heavy atom. The summed E-state index contributed by atoms with van der Waals surface area (Å²) in [5.74, 6) is -0.658. The largest absolute Gasteiger partial charge is 0.507 e. The molecule has 0 saturated heterocycles. The molecule has 0 radical (unpaired) electrons. The van der Waals surface area contributed by atoms with Crippen LogP contribution in [0, 0.1) is 0 Å². The first-order valence-corrected chi connectivity index (χ1v) is 9.08. The molecule has 0 unspecified atom stereocenters. The Labute approximate surface area is 172 Å². The maximum absolute atomic E-state index is 13.9. The first-order chi connectivity index (χ1) is 14.2. The number of fused-ring (bicyclic) bond motifs is 5. The van der Waals surface area contributed by atoms with Crippen molar-refractivity contribution in [3.63, 3.8) is 0 Å². The Morgan fingerprint density at radius 3 is 2.00 bits per heavy atom. The predicted molar refractivity (Wildman–Crippen MR) is 101 cm³/mol. The minimum absolute atomic E-state index is 0.000235. The fourth-order valence-electron chi connectivity index (χ4n) is 4.40. The second-order valence-electron chi connectivity index (χ2n) is 7.95. The molecule has 3 aromatic rings. The van der Waals surface area contributed by atoms with Gasteiger partial charge in [-0.15, -0.1) is 0 Å². The topological polar surface area (TPSA) is 49.7 Å². The molecule has 0 aromatic heterocycles. The highest BCUT2D eigenvalue weighted by Gasteiger charge is 2.47. The van der Waals surface area contributed by atoms with E-state index in [2.05, 4.69) is 0 Å². The summed E-state index contributed by atoms with van der Waals surface area (Å²) in [7, 11) is 1.27. The van der Waals surface area contributed by atoms with Crippen LogP contribution < -0.4 is 4.74 Å². The number of phenols is 2. The first kappa shape index (κ1) is 21.1. The minimum atomic E-state index is -5.03. The average molecular weight is 442 g/mol. The van der Waals surface area contributed by atoms with Crippen molar-refractivity contribution in [1.82, 2.24) is 0 Å². The molecule has 2 N–H and O–H groups in total. The van der Waals surface area contributed by atoms with Crippen LogP contribution in [0.1, 0.15) is 36.1 Å². The summed E-state index contributed by atoms with van der Waals surface area (Å²) in [6.45, 7) is 2.91. The monoisotopic (exact) mass is 442 g/mol. The number of phenolic OH excluding ortho intramolecular Hbond substituents is 2. The number of aromatic hydroxyl groups is 2. The van der Waals surface area contributed by atoms with E-state index in [1.807, 2.05) is 0 Å². The molecule has 0 fully saturated rings. The molecule has 0 spiro atoms. The lowest BCUT2D eigenvalue weighted by molar-refractivity contribution is -0.143. The third-order valence-corrected chi connectivity index (χ3v) is 5.75. The van der Waals surface area contributed by atoms with E-state index in [1.165, 1.54) is 39.2 Å². The normalized spacial score (nSPS) is 15.1. The van der Waals surface area contributed by atoms with Gasteiger partial charge in [0, 0.05) is 10.8 Å². The molecule has 0 aliphatic heterocycles. The van der Waals surface area contributed by atoms with E-state index >= 15 is 0 Å². The Hall–Kier alpha value is -3.10. The van der Waals surface area contributed by atoms with Gasteiger partial charge in [-0.05, 0) is 58.0 Å². The number of rotatable bonds is 1. The highest BCUT2D eigenvalue weighted by atomic mass is 19.4. The van der Waals surface area contributed by atoms with Crippen LogP contribution in [0.15, 0.2) is 30.3 Å². The van der Waals surface area contributed by atoms with Gasteiger partial charge >= 0.3 is 12.4 Å². The lowest BCUT2D eigenvalue weighted by atomic mass is 9.79. The number of alkyl halides is 6. The van der Waals surface area contributed by atoms with E-state index in [-0.39, 0.29) is 56.3 Å². The molecule has 3 nitrogen and oxygen atoms in total. The molecule has 0 heterocycles. The summed E-state index contributed by atoms with van der Waals surface area (Å²) in [5, 5.41) is 21.0. The maximum atomic E-state index is 13.9. The van der Waals surface area contributed by atoms with Gasteiger partial charge in [-0.2, -0.15) is 26.3 Å². The predicted octanol–water partition coefficient (Wildman–Crippen LogP) is 6.60. The molecule has 0 saturated carbocycles. The van der Waals surface area contributed by atoms with Crippen molar-refractivity contribution < 1.29 is 41.3 Å². The summed E-state index contributed by atoms with van der Waals surface area (Å²) in [6.07, 6.45) is -10.0. The summed E-state index contributed by atoms with van der Waals surface area (Å²) < 4.78 is 87.0. The Balaban J connectivity index is 2.22. The van der Waals surface area contributed by atoms with Gasteiger partial charge in [0.05, 0.1) is 18.2 Å². The molecule has 4 rings (SSSR count). The number of ether oxygens (including phenoxy) is 1. The Kier molecular flexibility index (Phi) is 4.24. The third kappa shape index (κ3) is 2.97. The van der Waals surface area contributed by atoms with E-state index in [1.54, 1.807) is 0 Å². The van der Waals surface area contributed by atoms with Gasteiger partial charge in [0.2, 0.25) is 0 Å². The first-order valence-electron chi connectivity index (χ1n) is 9.08. The SMILES string of the molecule is COc1cc2c(O)cc3c(c2cc1O)-c1cc(C(F)(F)F)cc(C(F)(F)F)c1C3(C)C. The van der Waals surface area contributed by atoms with Crippen LogP contribution in [-0.2, 0) is 17.8 Å². The second kappa shape index (κ2) is 6.21. The van der Waals surface area contributed by atoms with E-state index in [9.17, 15) is 36.6 Å². The summed E-state index contributed by atoms with van der Waals surface area (Å²) >= 11 is 0. The lowest BCUT2D eigenvalue weighted by Crippen LogP contribution is -2.22. The fourth-order valence-corrected chi connectivity index (χ4v) is 4.40. The molecule has 1 aliphatic carbocycles. The van der Waals surface area contributed by atoms with Crippen molar-refractivity contribution in [3.8, 4) is 28.4 Å². The zero-order chi connectivity index (χ0) is 23.1. The third-order valence-electron chi connectivity index (χ3n) is 5.75. The van der Waals surface area contributed by atoms with Crippen LogP contribution in [0.2, 0.25) is 0 Å². The maximum Gasteiger partial charge on any atom is 0.416 e. The zero-order valence-corrected chi connectivity index (χ0v) is 16.5. The van der Waals surface area contributed by atoms with E-state index in [0.717, 1.165) is 0 Å². The van der Waals surface area contributed by atoms with Crippen molar-refractivity contribution in [3.05, 3.63) is 52.6 Å². The molecule has 1 aliphatic rings. The Bertz CT molecular complexity index is 1240. The van der Waals surface area contributed by atoms with E-state index in [0.29, 0.717) is 6.07 Å². The van der Waals surface area contributed by atoms with Gasteiger partial charge in [0.1, 0.15) is 5.75 Å². The molecular weight excluding hydrogens is 426 g/mol. The van der Waals surface area contributed by atoms with Gasteiger partial charge in [0.25, 0.3) is 0 Å². The van der Waals surface area contributed by atoms with Gasteiger partial charge in [-0.3, -0.25) is 0 Å². The van der Waals surface area contributed by atoms with Crippen LogP contribution in [0.25, 0.3) is 21.9 Å². The van der Waals surface area contributed by atoms with Crippen molar-refractivity contribution in [2.75, 3.05) is 7.11 Å². The van der Waals surface area contributed by atoms with Gasteiger partial charge in [-0.1, -0.05) is 13.8 Å². The van der Waals surface area contributed by atoms with Crippen LogP contribution in [0.3, 0.4) is 0 Å². The van der Waals surface area contributed by atoms with Crippen molar-refractivity contribution in [1.29, 1.82) is 0 Å². The average Bonchev–Trinajstić information content (AvgIpc) is 2.86. The van der Waals surface area contributed by atoms with Gasteiger partial charge in [-0.25, -0.2) is 0 Å². The number of methoxy groups -OCH3 is 1. The van der Waals surface area contributed by atoms with Crippen LogP contribution in [0.5, 0.6) is 17.2 Å². The van der Waals surface area contributed by atoms with Crippen LogP contribution >= 0.6 is 0 Å². The number of hydrogen-bond donors (Lipinski definition) is 2. The van der Waals surface area contributed by atoms with Crippen molar-refractivity contribution >= 4 is 10.8 Å². The van der Waals surface area contributed by atoms with Crippen LogP contribution in [0.4, 0.5) is 26.3 Å². The van der Waals surface area contributed by atoms with Crippen molar-refractivity contribution in [2.45, 2.75) is 31.6 Å². The number of benzene rings is 3. The van der Waals surface area contributed by atoms with Crippen molar-refractivity contribution in [2.24, 2.45) is 0 Å². The molecule has 31 heavy (non-hydrogen) atoms. The van der Waals surface area contributed by atoms with Gasteiger partial charge < -0.3 is 14.9 Å². The highest BCUT2D eigenvalue weighted by Crippen LogP contribution is 2.58. The Morgan fingerprint density at radius 2 is 1.45 bits per heavy atom. The molecular formula is C22H16F6O3. The molecule has 3 aromatic carbocycles. The number of hydrogen-bond acceptors (Lipinski definition) is 3.